The number of anilines is 1. The molecule has 3 fully saturated rings. The molecule has 2 saturated carbocycles. The molecule has 0 radical (unpaired) electrons. The molecule has 0 unspecified atom stereocenters. The van der Waals surface area contributed by atoms with Gasteiger partial charge in [0.1, 0.15) is 6.04 Å². The molecule has 0 aromatic heterocycles. The number of amides is 3. The lowest BCUT2D eigenvalue weighted by Gasteiger charge is -2.37. The maximum atomic E-state index is 13.1. The molecule has 1 N–H and O–H groups in total. The van der Waals surface area contributed by atoms with Crippen molar-refractivity contribution >= 4 is 50.9 Å². The van der Waals surface area contributed by atoms with E-state index in [0.29, 0.717) is 22.5 Å². The summed E-state index contributed by atoms with van der Waals surface area (Å²) in [5.74, 6) is 0.0804. The smallest absolute Gasteiger partial charge is 0.247 e. The SMILES string of the molecule is C[C@H](C(=O)Nc1ccc(Br)c(Cl)c1)N1C(=O)[C@@H]2[C@@H]3C=C[C@H]([C@H]4C[C@H]34)[C@@H]2C1=O. The van der Waals surface area contributed by atoms with E-state index < -0.39 is 6.04 Å². The van der Waals surface area contributed by atoms with Gasteiger partial charge < -0.3 is 5.32 Å². The zero-order valence-electron chi connectivity index (χ0n) is 14.6. The van der Waals surface area contributed by atoms with Gasteiger partial charge in [0.15, 0.2) is 0 Å². The molecule has 5 nitrogen and oxygen atoms in total. The second-order valence-electron chi connectivity index (χ2n) is 8.00. The van der Waals surface area contributed by atoms with E-state index in [2.05, 4.69) is 33.4 Å². The first-order valence-electron chi connectivity index (χ1n) is 9.19. The average molecular weight is 450 g/mol. The van der Waals surface area contributed by atoms with E-state index in [4.69, 9.17) is 11.6 Å². The Kier molecular flexibility index (Phi) is 3.82. The Hall–Kier alpha value is -1.66. The minimum atomic E-state index is -0.853. The predicted octanol–water partition coefficient (Wildman–Crippen LogP) is 3.48. The minimum Gasteiger partial charge on any atom is -0.324 e. The molecule has 1 saturated heterocycles. The summed E-state index contributed by atoms with van der Waals surface area (Å²) in [4.78, 5) is 40.0. The van der Waals surface area contributed by atoms with Gasteiger partial charge in [-0.25, -0.2) is 0 Å². The van der Waals surface area contributed by atoms with E-state index in [-0.39, 0.29) is 41.4 Å². The number of halogens is 2. The zero-order valence-corrected chi connectivity index (χ0v) is 16.9. The van der Waals surface area contributed by atoms with Gasteiger partial charge in [0.2, 0.25) is 17.7 Å². The number of hydrogen-bond donors (Lipinski definition) is 1. The highest BCUT2D eigenvalue weighted by molar-refractivity contribution is 9.10. The summed E-state index contributed by atoms with van der Waals surface area (Å²) in [5, 5.41) is 3.23. The molecule has 0 spiro atoms. The van der Waals surface area contributed by atoms with Crippen LogP contribution in [0.1, 0.15) is 13.3 Å². The van der Waals surface area contributed by atoms with Crippen LogP contribution in [0.2, 0.25) is 5.02 Å². The molecule has 1 heterocycles. The van der Waals surface area contributed by atoms with Crippen molar-refractivity contribution in [2.75, 3.05) is 5.32 Å². The molecule has 140 valence electrons. The van der Waals surface area contributed by atoms with Crippen molar-refractivity contribution in [1.82, 2.24) is 4.90 Å². The zero-order chi connectivity index (χ0) is 19.0. The van der Waals surface area contributed by atoms with E-state index in [9.17, 15) is 14.4 Å². The molecule has 7 atom stereocenters. The van der Waals surface area contributed by atoms with Crippen molar-refractivity contribution in [3.05, 3.63) is 39.8 Å². The van der Waals surface area contributed by atoms with E-state index in [1.165, 1.54) is 4.90 Å². The normalized spacial score (nSPS) is 36.5. The number of imide groups is 1. The molecular formula is C20H18BrClN2O3. The second kappa shape index (κ2) is 5.92. The van der Waals surface area contributed by atoms with Gasteiger partial charge in [-0.1, -0.05) is 23.8 Å². The third-order valence-corrected chi connectivity index (χ3v) is 7.88. The van der Waals surface area contributed by atoms with E-state index in [1.807, 2.05) is 0 Å². The number of hydrogen-bond acceptors (Lipinski definition) is 3. The van der Waals surface area contributed by atoms with Gasteiger partial charge in [-0.05, 0) is 71.1 Å². The van der Waals surface area contributed by atoms with Crippen molar-refractivity contribution in [3.63, 3.8) is 0 Å². The van der Waals surface area contributed by atoms with Gasteiger partial charge in [0.25, 0.3) is 0 Å². The molecule has 1 aromatic carbocycles. The summed E-state index contributed by atoms with van der Waals surface area (Å²) in [5.41, 5.74) is 0.527. The summed E-state index contributed by atoms with van der Waals surface area (Å²) in [6.45, 7) is 1.61. The molecule has 7 heteroatoms. The lowest BCUT2D eigenvalue weighted by atomic mass is 9.63. The molecule has 6 rings (SSSR count). The van der Waals surface area contributed by atoms with Crippen LogP contribution < -0.4 is 5.32 Å². The molecule has 4 aliphatic carbocycles. The Morgan fingerprint density at radius 1 is 1.19 bits per heavy atom. The lowest BCUT2D eigenvalue weighted by molar-refractivity contribution is -0.146. The van der Waals surface area contributed by atoms with Crippen LogP contribution in [0.5, 0.6) is 0 Å². The molecule has 1 aliphatic heterocycles. The third-order valence-electron chi connectivity index (χ3n) is 6.65. The second-order valence-corrected chi connectivity index (χ2v) is 9.26. The number of rotatable bonds is 3. The first kappa shape index (κ1) is 17.4. The van der Waals surface area contributed by atoms with Crippen molar-refractivity contribution in [3.8, 4) is 0 Å². The summed E-state index contributed by atoms with van der Waals surface area (Å²) < 4.78 is 0.728. The Balaban J connectivity index is 1.37. The van der Waals surface area contributed by atoms with Gasteiger partial charge >= 0.3 is 0 Å². The van der Waals surface area contributed by atoms with Crippen LogP contribution in [0.15, 0.2) is 34.8 Å². The van der Waals surface area contributed by atoms with Crippen LogP contribution in [0.3, 0.4) is 0 Å². The number of nitrogens with one attached hydrogen (secondary N) is 1. The quantitative estimate of drug-likeness (QED) is 0.567. The first-order chi connectivity index (χ1) is 12.9. The van der Waals surface area contributed by atoms with Crippen LogP contribution in [-0.4, -0.2) is 28.7 Å². The first-order valence-corrected chi connectivity index (χ1v) is 10.4. The Bertz CT molecular complexity index is 880. The largest absolute Gasteiger partial charge is 0.324 e. The van der Waals surface area contributed by atoms with Gasteiger partial charge in [0, 0.05) is 10.2 Å². The Morgan fingerprint density at radius 3 is 2.33 bits per heavy atom. The Morgan fingerprint density at radius 2 is 1.78 bits per heavy atom. The van der Waals surface area contributed by atoms with Gasteiger partial charge in [-0.15, -0.1) is 0 Å². The predicted molar refractivity (Wildman–Crippen MR) is 104 cm³/mol. The number of nitrogens with zero attached hydrogens (tertiary/aromatic N) is 1. The summed E-state index contributed by atoms with van der Waals surface area (Å²) in [6, 6.07) is 4.22. The van der Waals surface area contributed by atoms with E-state index in [0.717, 1.165) is 10.9 Å². The average Bonchev–Trinajstić information content (AvgIpc) is 3.42. The standard InChI is InChI=1S/C20H18BrClN2O3/c1-8(18(25)23-9-2-5-14(21)15(22)6-9)24-19(26)16-10-3-4-11(13-7-12(10)13)17(16)20(24)27/h2-6,8,10-13,16-17H,7H2,1H3,(H,23,25)/t8-,10-,11-,12-,13-,16-,17+/m1/s1. The van der Waals surface area contributed by atoms with E-state index >= 15 is 0 Å². The van der Waals surface area contributed by atoms with Crippen LogP contribution in [0.25, 0.3) is 0 Å². The highest BCUT2D eigenvalue weighted by Crippen LogP contribution is 2.65. The topological polar surface area (TPSA) is 66.5 Å². The lowest BCUT2D eigenvalue weighted by Crippen LogP contribution is -2.46. The number of benzene rings is 1. The number of carbonyl (C=O) groups is 3. The summed E-state index contributed by atoms with van der Waals surface area (Å²) in [7, 11) is 0. The fraction of sp³-hybridized carbons (Fsp3) is 0.450. The molecule has 27 heavy (non-hydrogen) atoms. The van der Waals surface area contributed by atoms with Crippen molar-refractivity contribution in [2.24, 2.45) is 35.5 Å². The maximum absolute atomic E-state index is 13.1. The van der Waals surface area contributed by atoms with Crippen LogP contribution in [0.4, 0.5) is 5.69 Å². The summed E-state index contributed by atoms with van der Waals surface area (Å²) >= 11 is 9.37. The van der Waals surface area contributed by atoms with Crippen LogP contribution in [0, 0.1) is 35.5 Å². The monoisotopic (exact) mass is 448 g/mol. The maximum Gasteiger partial charge on any atom is 0.247 e. The van der Waals surface area contributed by atoms with Crippen molar-refractivity contribution in [1.29, 1.82) is 0 Å². The molecule has 3 amide bonds. The van der Waals surface area contributed by atoms with Gasteiger partial charge in [-0.3, -0.25) is 19.3 Å². The minimum absolute atomic E-state index is 0.159. The molecule has 2 bridgehead atoms. The van der Waals surface area contributed by atoms with Crippen LogP contribution in [-0.2, 0) is 14.4 Å². The number of likely N-dealkylation sites (tertiary alicyclic amines) is 1. The number of allylic oxidation sites excluding steroid dienone is 2. The highest BCUT2D eigenvalue weighted by atomic mass is 79.9. The Labute approximate surface area is 170 Å². The summed E-state index contributed by atoms with van der Waals surface area (Å²) in [6.07, 6.45) is 5.38. The van der Waals surface area contributed by atoms with E-state index in [1.54, 1.807) is 25.1 Å². The molecule has 5 aliphatic rings. The highest BCUT2D eigenvalue weighted by Gasteiger charge is 2.67. The molecular weight excluding hydrogens is 432 g/mol. The fourth-order valence-corrected chi connectivity index (χ4v) is 5.73. The third kappa shape index (κ3) is 2.46. The van der Waals surface area contributed by atoms with Gasteiger partial charge in [-0.2, -0.15) is 0 Å². The van der Waals surface area contributed by atoms with Crippen molar-refractivity contribution in [2.45, 2.75) is 19.4 Å². The van der Waals surface area contributed by atoms with Crippen LogP contribution >= 0.6 is 27.5 Å². The number of carbonyl (C=O) groups excluding carboxylic acids is 3. The van der Waals surface area contributed by atoms with Crippen molar-refractivity contribution < 1.29 is 14.4 Å². The van der Waals surface area contributed by atoms with Gasteiger partial charge in [0.05, 0.1) is 16.9 Å². The fourth-order valence-electron chi connectivity index (χ4n) is 5.30. The molecule has 1 aromatic rings.